The third-order valence-electron chi connectivity index (χ3n) is 6.22. The number of carbonyl (C=O) groups is 3. The highest BCUT2D eigenvalue weighted by Gasteiger charge is 2.49. The van der Waals surface area contributed by atoms with E-state index in [1.165, 1.54) is 32.5 Å². The standard InChI is InChI=1S/C21H32N6O8S/c1-9-15(7-31-12(4)28)34-20(10(2)17(9)24-26-22)36-21-11(3)18(25-27-23)19(33-14(6)30)16(35-21)8-32-13(5)29/h9-11,15-21H,7-8H2,1-6H3/t9-,10?,11?,15?,16?,17-,18?,19-,20-,21-/m0/s1. The van der Waals surface area contributed by atoms with E-state index in [9.17, 15) is 19.9 Å². The van der Waals surface area contributed by atoms with Gasteiger partial charge in [0.1, 0.15) is 36.3 Å². The number of esters is 3. The number of hydrogen-bond acceptors (Lipinski definition) is 11. The van der Waals surface area contributed by atoms with Crippen LogP contribution >= 0.6 is 11.8 Å². The number of azide groups is 2. The summed E-state index contributed by atoms with van der Waals surface area (Å²) in [6.07, 6.45) is -2.40. The summed E-state index contributed by atoms with van der Waals surface area (Å²) in [4.78, 5) is 40.4. The van der Waals surface area contributed by atoms with Crippen LogP contribution in [0.2, 0.25) is 0 Å². The lowest BCUT2D eigenvalue weighted by atomic mass is 9.85. The van der Waals surface area contributed by atoms with Crippen LogP contribution < -0.4 is 0 Å². The minimum absolute atomic E-state index is 0.0102. The number of carbonyl (C=O) groups excluding carboxylic acids is 3. The van der Waals surface area contributed by atoms with Gasteiger partial charge in [-0.15, -0.1) is 0 Å². The third kappa shape index (κ3) is 7.65. The van der Waals surface area contributed by atoms with Gasteiger partial charge in [0.25, 0.3) is 0 Å². The zero-order valence-electron chi connectivity index (χ0n) is 21.0. The average Bonchev–Trinajstić information content (AvgIpc) is 2.80. The second-order valence-corrected chi connectivity index (χ2v) is 10.1. The zero-order valence-corrected chi connectivity index (χ0v) is 21.9. The fourth-order valence-corrected chi connectivity index (χ4v) is 5.84. The fraction of sp³-hybridized carbons (Fsp3) is 0.857. The Bertz CT molecular complexity index is 911. The predicted molar refractivity (Wildman–Crippen MR) is 127 cm³/mol. The van der Waals surface area contributed by atoms with E-state index in [0.29, 0.717) is 0 Å². The molecule has 5 unspecified atom stereocenters. The number of rotatable bonds is 9. The van der Waals surface area contributed by atoms with Gasteiger partial charge in [-0.1, -0.05) is 42.8 Å². The van der Waals surface area contributed by atoms with E-state index in [1.54, 1.807) is 6.92 Å². The molecule has 0 aromatic heterocycles. The molecule has 2 saturated heterocycles. The maximum atomic E-state index is 11.7. The Morgan fingerprint density at radius 1 is 0.778 bits per heavy atom. The van der Waals surface area contributed by atoms with Gasteiger partial charge in [-0.2, -0.15) is 0 Å². The minimum atomic E-state index is -0.970. The Hall–Kier alpha value is -2.70. The molecule has 0 aromatic rings. The summed E-state index contributed by atoms with van der Waals surface area (Å²) < 4.78 is 28.1. The average molecular weight is 529 g/mol. The predicted octanol–water partition coefficient (Wildman–Crippen LogP) is 3.49. The molecule has 2 aliphatic rings. The van der Waals surface area contributed by atoms with Gasteiger partial charge in [0.05, 0.1) is 12.1 Å². The number of ether oxygens (including phenoxy) is 5. The van der Waals surface area contributed by atoms with E-state index < -0.39 is 65.1 Å². The van der Waals surface area contributed by atoms with E-state index in [2.05, 4.69) is 20.1 Å². The first kappa shape index (κ1) is 29.5. The lowest BCUT2D eigenvalue weighted by Crippen LogP contribution is -2.56. The number of hydrogen-bond donors (Lipinski definition) is 0. The second-order valence-electron chi connectivity index (χ2n) is 8.87. The Kier molecular flexibility index (Phi) is 11.1. The van der Waals surface area contributed by atoms with Crippen molar-refractivity contribution in [3.63, 3.8) is 0 Å². The van der Waals surface area contributed by atoms with Gasteiger partial charge < -0.3 is 23.7 Å². The van der Waals surface area contributed by atoms with E-state index in [0.717, 1.165) is 0 Å². The molecule has 14 nitrogen and oxygen atoms in total. The van der Waals surface area contributed by atoms with Gasteiger partial charge in [-0.05, 0) is 17.0 Å². The molecule has 0 aliphatic carbocycles. The highest BCUT2D eigenvalue weighted by atomic mass is 32.2. The van der Waals surface area contributed by atoms with Gasteiger partial charge in [-0.25, -0.2) is 0 Å². The van der Waals surface area contributed by atoms with Crippen molar-refractivity contribution >= 4 is 29.7 Å². The molecular weight excluding hydrogens is 496 g/mol. The van der Waals surface area contributed by atoms with Crippen molar-refractivity contribution in [3.05, 3.63) is 20.9 Å². The van der Waals surface area contributed by atoms with Crippen molar-refractivity contribution in [2.45, 2.75) is 82.8 Å². The molecule has 0 N–H and O–H groups in total. The maximum Gasteiger partial charge on any atom is 0.303 e. The first-order chi connectivity index (χ1) is 17.0. The van der Waals surface area contributed by atoms with Crippen molar-refractivity contribution in [2.24, 2.45) is 28.0 Å². The van der Waals surface area contributed by atoms with Gasteiger partial charge >= 0.3 is 17.9 Å². The molecule has 0 spiro atoms. The molecule has 2 aliphatic heterocycles. The molecule has 0 amide bonds. The quantitative estimate of drug-likeness (QED) is 0.141. The zero-order chi connectivity index (χ0) is 27.0. The van der Waals surface area contributed by atoms with Crippen LogP contribution in [-0.2, 0) is 38.1 Å². The molecular formula is C21H32N6O8S. The van der Waals surface area contributed by atoms with Crippen LogP contribution in [0.5, 0.6) is 0 Å². The lowest BCUT2D eigenvalue weighted by Gasteiger charge is -2.47. The van der Waals surface area contributed by atoms with Crippen LogP contribution in [0.25, 0.3) is 20.9 Å². The molecule has 2 heterocycles. The summed E-state index contributed by atoms with van der Waals surface area (Å²) in [7, 11) is 0. The molecule has 36 heavy (non-hydrogen) atoms. The number of nitrogens with zero attached hydrogens (tertiary/aromatic N) is 6. The van der Waals surface area contributed by atoms with Crippen LogP contribution in [-0.4, -0.2) is 72.4 Å². The van der Waals surface area contributed by atoms with Crippen LogP contribution in [0.1, 0.15) is 41.5 Å². The Morgan fingerprint density at radius 2 is 1.25 bits per heavy atom. The fourth-order valence-electron chi connectivity index (χ4n) is 4.34. The number of thioether (sulfide) groups is 1. The van der Waals surface area contributed by atoms with Crippen molar-refractivity contribution in [1.29, 1.82) is 0 Å². The Balaban J connectivity index is 2.33. The third-order valence-corrected chi connectivity index (χ3v) is 7.84. The highest BCUT2D eigenvalue weighted by molar-refractivity contribution is 8.00. The van der Waals surface area contributed by atoms with Crippen LogP contribution in [0.4, 0.5) is 0 Å². The van der Waals surface area contributed by atoms with Gasteiger partial charge in [0.2, 0.25) is 0 Å². The summed E-state index contributed by atoms with van der Waals surface area (Å²) in [6, 6.07) is -1.26. The van der Waals surface area contributed by atoms with E-state index >= 15 is 0 Å². The van der Waals surface area contributed by atoms with Crippen molar-refractivity contribution < 1.29 is 38.1 Å². The summed E-state index contributed by atoms with van der Waals surface area (Å²) in [6.45, 7) is 9.05. The maximum absolute atomic E-state index is 11.7. The van der Waals surface area contributed by atoms with Gasteiger partial charge in [0.15, 0.2) is 0 Å². The monoisotopic (exact) mass is 528 g/mol. The highest BCUT2D eigenvalue weighted by Crippen LogP contribution is 2.44. The van der Waals surface area contributed by atoms with E-state index in [4.69, 9.17) is 29.2 Å². The summed E-state index contributed by atoms with van der Waals surface area (Å²) >= 11 is 1.28. The first-order valence-electron chi connectivity index (χ1n) is 11.5. The summed E-state index contributed by atoms with van der Waals surface area (Å²) in [5, 5.41) is 7.83. The SMILES string of the molecule is CC(=O)OCC1O[C@@H](S[C@@H]2OC(COC(C)=O)[C@H](C)[C@H](N=[N+]=[N-])C2C)C(C)C(N=[N+]=[N-])[C@H]1OC(C)=O. The van der Waals surface area contributed by atoms with Crippen LogP contribution in [0.3, 0.4) is 0 Å². The molecule has 2 fully saturated rings. The summed E-state index contributed by atoms with van der Waals surface area (Å²) in [5.41, 5.74) is 17.1. The molecule has 0 radical (unpaired) electrons. The molecule has 0 bridgehead atoms. The van der Waals surface area contributed by atoms with Crippen LogP contribution in [0, 0.1) is 17.8 Å². The topological polar surface area (TPSA) is 195 Å². The van der Waals surface area contributed by atoms with Gasteiger partial charge in [0, 0.05) is 48.5 Å². The van der Waals surface area contributed by atoms with Crippen molar-refractivity contribution in [3.8, 4) is 0 Å². The molecule has 2 rings (SSSR count). The molecule has 0 aromatic carbocycles. The molecule has 10 atom stereocenters. The Labute approximate surface area is 212 Å². The Morgan fingerprint density at radius 3 is 1.75 bits per heavy atom. The van der Waals surface area contributed by atoms with Gasteiger partial charge in [-0.3, -0.25) is 14.4 Å². The minimum Gasteiger partial charge on any atom is -0.463 e. The van der Waals surface area contributed by atoms with E-state index in [-0.39, 0.29) is 25.0 Å². The van der Waals surface area contributed by atoms with Crippen molar-refractivity contribution in [1.82, 2.24) is 0 Å². The first-order valence-corrected chi connectivity index (χ1v) is 12.4. The second kappa shape index (κ2) is 13.6. The van der Waals surface area contributed by atoms with Crippen LogP contribution in [0.15, 0.2) is 10.2 Å². The molecule has 0 saturated carbocycles. The van der Waals surface area contributed by atoms with Crippen molar-refractivity contribution in [2.75, 3.05) is 13.2 Å². The molecule has 15 heteroatoms. The summed E-state index contributed by atoms with van der Waals surface area (Å²) in [5.74, 6) is -2.52. The normalized spacial score (nSPS) is 35.9. The van der Waals surface area contributed by atoms with E-state index in [1.807, 2.05) is 13.8 Å². The largest absolute Gasteiger partial charge is 0.463 e. The smallest absolute Gasteiger partial charge is 0.303 e. The lowest BCUT2D eigenvalue weighted by molar-refractivity contribution is -0.183. The molecule has 200 valence electrons.